The van der Waals surface area contributed by atoms with Crippen molar-refractivity contribution >= 4 is 28.7 Å². The number of nitrogens with zero attached hydrogens (tertiary/aromatic N) is 4. The minimum Gasteiger partial charge on any atom is -0.368 e. The average molecular weight is 482 g/mol. The Morgan fingerprint density at radius 1 is 0.889 bits per heavy atom. The normalized spacial score (nSPS) is 17.0. The molecule has 1 atom stereocenters. The molecule has 2 amide bonds. The number of anilines is 1. The van der Waals surface area contributed by atoms with Gasteiger partial charge in [0.1, 0.15) is 11.9 Å². The van der Waals surface area contributed by atoms with Gasteiger partial charge >= 0.3 is 0 Å². The molecule has 1 unspecified atom stereocenters. The highest BCUT2D eigenvalue weighted by Crippen LogP contribution is 2.31. The molecule has 2 aliphatic rings. The topological polar surface area (TPSA) is 92.4 Å². The SMILES string of the molecule is Nc1nc(C(=O)N2Cc3ccccc3C2)c2cc(-c3ccccc3C(=O)N3CCC(F)C3)ccc2n1. The first kappa shape index (κ1) is 22.2. The zero-order valence-electron chi connectivity index (χ0n) is 19.5. The number of amides is 2. The average Bonchev–Trinajstić information content (AvgIpc) is 3.53. The number of nitrogen functional groups attached to an aromatic ring is 1. The maximum absolute atomic E-state index is 13.8. The summed E-state index contributed by atoms with van der Waals surface area (Å²) in [6.45, 7) is 1.51. The summed E-state index contributed by atoms with van der Waals surface area (Å²) >= 11 is 0. The first-order valence-corrected chi connectivity index (χ1v) is 11.9. The molecule has 2 aliphatic heterocycles. The molecule has 0 radical (unpaired) electrons. The largest absolute Gasteiger partial charge is 0.368 e. The second-order valence-electron chi connectivity index (χ2n) is 9.27. The number of nitrogens with two attached hydrogens (primary N) is 1. The fraction of sp³-hybridized carbons (Fsp3) is 0.214. The van der Waals surface area contributed by atoms with Gasteiger partial charge in [-0.2, -0.15) is 0 Å². The fourth-order valence-electron chi connectivity index (χ4n) is 5.10. The van der Waals surface area contributed by atoms with E-state index in [9.17, 15) is 14.0 Å². The lowest BCUT2D eigenvalue weighted by Crippen LogP contribution is -2.29. The third-order valence-electron chi connectivity index (χ3n) is 6.93. The number of likely N-dealkylation sites (tertiary alicyclic amines) is 1. The van der Waals surface area contributed by atoms with Crippen LogP contribution in [0.2, 0.25) is 0 Å². The Bertz CT molecular complexity index is 1500. The molecular formula is C28H24FN5O2. The van der Waals surface area contributed by atoms with Crippen LogP contribution < -0.4 is 5.73 Å². The molecule has 2 N–H and O–H groups in total. The van der Waals surface area contributed by atoms with Gasteiger partial charge < -0.3 is 15.5 Å². The van der Waals surface area contributed by atoms with E-state index in [2.05, 4.69) is 9.97 Å². The number of hydrogen-bond acceptors (Lipinski definition) is 5. The quantitative estimate of drug-likeness (QED) is 0.473. The molecule has 0 saturated carbocycles. The van der Waals surface area contributed by atoms with Crippen LogP contribution in [0.4, 0.5) is 10.3 Å². The molecule has 1 fully saturated rings. The van der Waals surface area contributed by atoms with E-state index >= 15 is 0 Å². The van der Waals surface area contributed by atoms with Crippen molar-refractivity contribution in [1.82, 2.24) is 19.8 Å². The molecular weight excluding hydrogens is 457 g/mol. The molecule has 3 heterocycles. The van der Waals surface area contributed by atoms with Crippen LogP contribution in [0.25, 0.3) is 22.0 Å². The van der Waals surface area contributed by atoms with E-state index in [4.69, 9.17) is 5.73 Å². The number of fused-ring (bicyclic) bond motifs is 2. The molecule has 180 valence electrons. The molecule has 1 aromatic heterocycles. The van der Waals surface area contributed by atoms with Crippen molar-refractivity contribution in [3.05, 3.63) is 89.1 Å². The Hall–Kier alpha value is -4.33. The summed E-state index contributed by atoms with van der Waals surface area (Å²) in [7, 11) is 0. The van der Waals surface area contributed by atoms with Crippen LogP contribution in [0.15, 0.2) is 66.7 Å². The van der Waals surface area contributed by atoms with Crippen molar-refractivity contribution in [2.75, 3.05) is 18.8 Å². The van der Waals surface area contributed by atoms with E-state index < -0.39 is 6.17 Å². The third-order valence-corrected chi connectivity index (χ3v) is 6.93. The highest BCUT2D eigenvalue weighted by molar-refractivity contribution is 6.07. The van der Waals surface area contributed by atoms with Crippen LogP contribution in [0.5, 0.6) is 0 Å². The van der Waals surface area contributed by atoms with Crippen LogP contribution in [0.1, 0.15) is 38.4 Å². The van der Waals surface area contributed by atoms with E-state index in [1.54, 1.807) is 28.0 Å². The second kappa shape index (κ2) is 8.71. The zero-order chi connectivity index (χ0) is 24.8. The molecule has 4 aromatic rings. The smallest absolute Gasteiger partial charge is 0.273 e. The van der Waals surface area contributed by atoms with E-state index in [-0.39, 0.29) is 30.0 Å². The molecule has 0 aliphatic carbocycles. The van der Waals surface area contributed by atoms with Crippen molar-refractivity contribution in [3.8, 4) is 11.1 Å². The van der Waals surface area contributed by atoms with Crippen molar-refractivity contribution in [3.63, 3.8) is 0 Å². The van der Waals surface area contributed by atoms with Crippen molar-refractivity contribution in [1.29, 1.82) is 0 Å². The lowest BCUT2D eigenvalue weighted by molar-refractivity contribution is 0.0746. The molecule has 0 spiro atoms. The van der Waals surface area contributed by atoms with Crippen molar-refractivity contribution < 1.29 is 14.0 Å². The van der Waals surface area contributed by atoms with Crippen LogP contribution in [0.3, 0.4) is 0 Å². The van der Waals surface area contributed by atoms with Gasteiger partial charge in [-0.05, 0) is 46.9 Å². The second-order valence-corrected chi connectivity index (χ2v) is 9.27. The summed E-state index contributed by atoms with van der Waals surface area (Å²) < 4.78 is 13.8. The minimum atomic E-state index is -0.991. The van der Waals surface area contributed by atoms with Crippen LogP contribution in [-0.2, 0) is 13.1 Å². The first-order chi connectivity index (χ1) is 17.5. The van der Waals surface area contributed by atoms with Gasteiger partial charge in [0.2, 0.25) is 5.95 Å². The van der Waals surface area contributed by atoms with E-state index in [1.807, 2.05) is 48.5 Å². The Morgan fingerprint density at radius 2 is 1.61 bits per heavy atom. The predicted octanol–water partition coefficient (Wildman–Crippen LogP) is 4.22. The van der Waals surface area contributed by atoms with Gasteiger partial charge in [-0.15, -0.1) is 0 Å². The molecule has 6 rings (SSSR count). The number of benzene rings is 3. The van der Waals surface area contributed by atoms with Gasteiger partial charge in [0.05, 0.1) is 12.1 Å². The van der Waals surface area contributed by atoms with Crippen LogP contribution in [-0.4, -0.2) is 50.8 Å². The van der Waals surface area contributed by atoms with Gasteiger partial charge in [-0.3, -0.25) is 9.59 Å². The standard InChI is InChI=1S/C28H24FN5O2/c29-20-11-12-33(16-20)26(35)22-8-4-3-7-21(22)17-9-10-24-23(13-17)25(32-28(30)31-24)27(36)34-14-18-5-1-2-6-19(18)15-34/h1-10,13,20H,11-12,14-16H2,(H2,30,31,32). The summed E-state index contributed by atoms with van der Waals surface area (Å²) in [6.07, 6.45) is -0.635. The Balaban J connectivity index is 1.40. The lowest BCUT2D eigenvalue weighted by atomic mass is 9.97. The monoisotopic (exact) mass is 481 g/mol. The Morgan fingerprint density at radius 3 is 2.33 bits per heavy atom. The molecule has 3 aromatic carbocycles. The lowest BCUT2D eigenvalue weighted by Gasteiger charge is -2.19. The van der Waals surface area contributed by atoms with Gasteiger partial charge in [-0.25, -0.2) is 14.4 Å². The number of rotatable bonds is 3. The number of carbonyl (C=O) groups is 2. The Kier molecular flexibility index (Phi) is 5.36. The first-order valence-electron chi connectivity index (χ1n) is 11.9. The van der Waals surface area contributed by atoms with Crippen LogP contribution in [0, 0.1) is 0 Å². The van der Waals surface area contributed by atoms with Gasteiger partial charge in [0.25, 0.3) is 11.8 Å². The zero-order valence-corrected chi connectivity index (χ0v) is 19.5. The summed E-state index contributed by atoms with van der Waals surface area (Å²) in [5.74, 6) is -0.399. The number of aromatic nitrogens is 2. The summed E-state index contributed by atoms with van der Waals surface area (Å²) in [5.41, 5.74) is 10.9. The third kappa shape index (κ3) is 3.84. The molecule has 0 bridgehead atoms. The highest BCUT2D eigenvalue weighted by atomic mass is 19.1. The van der Waals surface area contributed by atoms with Gasteiger partial charge in [0, 0.05) is 30.6 Å². The number of alkyl halides is 1. The van der Waals surface area contributed by atoms with Gasteiger partial charge in [-0.1, -0.05) is 48.5 Å². The van der Waals surface area contributed by atoms with E-state index in [0.717, 1.165) is 16.7 Å². The Labute approximate surface area is 207 Å². The van der Waals surface area contributed by atoms with Gasteiger partial charge in [0.15, 0.2) is 0 Å². The predicted molar refractivity (Wildman–Crippen MR) is 135 cm³/mol. The summed E-state index contributed by atoms with van der Waals surface area (Å²) in [6, 6.07) is 20.7. The molecule has 8 heteroatoms. The fourth-order valence-corrected chi connectivity index (χ4v) is 5.10. The van der Waals surface area contributed by atoms with Crippen molar-refractivity contribution in [2.45, 2.75) is 25.7 Å². The van der Waals surface area contributed by atoms with E-state index in [1.165, 1.54) is 0 Å². The number of halogens is 1. The van der Waals surface area contributed by atoms with Crippen LogP contribution >= 0.6 is 0 Å². The van der Waals surface area contributed by atoms with Crippen molar-refractivity contribution in [2.24, 2.45) is 0 Å². The molecule has 36 heavy (non-hydrogen) atoms. The number of hydrogen-bond donors (Lipinski definition) is 1. The molecule has 1 saturated heterocycles. The summed E-state index contributed by atoms with van der Waals surface area (Å²) in [4.78, 5) is 38.8. The molecule has 7 nitrogen and oxygen atoms in total. The van der Waals surface area contributed by atoms with E-state index in [0.29, 0.717) is 48.1 Å². The maximum atomic E-state index is 13.8. The minimum absolute atomic E-state index is 0.0284. The maximum Gasteiger partial charge on any atom is 0.273 e. The highest BCUT2D eigenvalue weighted by Gasteiger charge is 2.29. The summed E-state index contributed by atoms with van der Waals surface area (Å²) in [5, 5.41) is 0.565. The number of carbonyl (C=O) groups excluding carboxylic acids is 2.